The van der Waals surface area contributed by atoms with Crippen molar-refractivity contribution in [3.8, 4) is 0 Å². The third kappa shape index (κ3) is 12.6. The highest BCUT2D eigenvalue weighted by Gasteiger charge is 2.44. The molecule has 0 heterocycles. The molecule has 0 aliphatic heterocycles. The minimum absolute atomic E-state index is 0.216. The van der Waals surface area contributed by atoms with Crippen LogP contribution in [-0.4, -0.2) is 46.5 Å². The molecule has 0 aromatic heterocycles. The maximum atomic E-state index is 12.2. The van der Waals surface area contributed by atoms with E-state index in [-0.39, 0.29) is 12.7 Å². The molecule has 0 bridgehead atoms. The molecule has 0 amide bonds. The summed E-state index contributed by atoms with van der Waals surface area (Å²) in [6.45, 7) is 7.96. The van der Waals surface area contributed by atoms with Crippen LogP contribution in [0.15, 0.2) is 0 Å². The number of halogens is 3. The van der Waals surface area contributed by atoms with E-state index in [1.165, 1.54) is 0 Å². The summed E-state index contributed by atoms with van der Waals surface area (Å²) < 4.78 is 52.4. The second-order valence-electron chi connectivity index (χ2n) is 3.41. The molecule has 0 radical (unpaired) electrons. The van der Waals surface area contributed by atoms with Gasteiger partial charge in [0.15, 0.2) is 0 Å². The normalized spacial score (nSPS) is 12.0. The Morgan fingerprint density at radius 1 is 0.895 bits per heavy atom. The van der Waals surface area contributed by atoms with Gasteiger partial charge in [0.1, 0.15) is 0 Å². The Balaban J connectivity index is 0. The van der Waals surface area contributed by atoms with Crippen molar-refractivity contribution in [1.82, 2.24) is 0 Å². The number of hydrogen-bond donors (Lipinski definition) is 1. The fourth-order valence-corrected chi connectivity index (χ4v) is 3.89. The lowest BCUT2D eigenvalue weighted by atomic mass is 10.5. The van der Waals surface area contributed by atoms with E-state index in [0.29, 0.717) is 19.8 Å². The molecule has 0 unspecified atom stereocenters. The summed E-state index contributed by atoms with van der Waals surface area (Å²) in [7, 11) is -3.13. The first-order valence-corrected chi connectivity index (χ1v) is 8.33. The van der Waals surface area contributed by atoms with Crippen LogP contribution < -0.4 is 0 Å². The Morgan fingerprint density at radius 3 is 1.42 bits per heavy atom. The Labute approximate surface area is 114 Å². The topological polar surface area (TPSA) is 47.9 Å². The van der Waals surface area contributed by atoms with Crippen molar-refractivity contribution in [1.29, 1.82) is 0 Å². The van der Waals surface area contributed by atoms with Crippen molar-refractivity contribution in [2.45, 2.75) is 46.3 Å². The molecule has 0 aliphatic rings. The Kier molecular flexibility index (Phi) is 13.0. The largest absolute Gasteiger partial charge is 0.501 e. The maximum absolute atomic E-state index is 12.2. The number of rotatable bonds is 8. The molecule has 0 rings (SSSR count). The van der Waals surface area contributed by atoms with E-state index >= 15 is 0 Å². The van der Waals surface area contributed by atoms with E-state index in [2.05, 4.69) is 0 Å². The molecule has 0 saturated heterocycles. The van der Waals surface area contributed by atoms with Crippen LogP contribution in [-0.2, 0) is 13.3 Å². The third-order valence-electron chi connectivity index (χ3n) is 1.81. The first-order chi connectivity index (χ1) is 8.80. The van der Waals surface area contributed by atoms with Gasteiger partial charge in [-0.1, -0.05) is 0 Å². The third-order valence-corrected chi connectivity index (χ3v) is 4.86. The molecule has 1 N–H and O–H groups in total. The van der Waals surface area contributed by atoms with Gasteiger partial charge >= 0.3 is 15.0 Å². The minimum atomic E-state index is -4.20. The summed E-state index contributed by atoms with van der Waals surface area (Å²) in [6.07, 6.45) is -5.14. The summed E-state index contributed by atoms with van der Waals surface area (Å²) in [4.78, 5) is 0. The number of hydrogen-bond acceptors (Lipinski definition) is 4. The highest BCUT2D eigenvalue weighted by atomic mass is 28.4. The molecule has 4 nitrogen and oxygen atoms in total. The average Bonchev–Trinajstić information content (AvgIpc) is 2.28. The van der Waals surface area contributed by atoms with Gasteiger partial charge in [0.05, 0.1) is 0 Å². The number of aliphatic hydroxyl groups is 1. The Bertz CT molecular complexity index is 186. The first-order valence-electron chi connectivity index (χ1n) is 6.40. The summed E-state index contributed by atoms with van der Waals surface area (Å²) in [6, 6.07) is -0.216. The van der Waals surface area contributed by atoms with Crippen molar-refractivity contribution in [3.05, 3.63) is 0 Å². The van der Waals surface area contributed by atoms with Crippen LogP contribution in [0.25, 0.3) is 0 Å². The van der Waals surface area contributed by atoms with Gasteiger partial charge in [-0.25, -0.2) is 0 Å². The molecular weight excluding hydrogens is 281 g/mol. The molecule has 0 spiro atoms. The summed E-state index contributed by atoms with van der Waals surface area (Å²) in [5.41, 5.74) is 0. The highest BCUT2D eigenvalue weighted by Crippen LogP contribution is 2.27. The van der Waals surface area contributed by atoms with Crippen molar-refractivity contribution < 1.29 is 31.6 Å². The molecule has 118 valence electrons. The van der Waals surface area contributed by atoms with Gasteiger partial charge in [-0.05, 0) is 27.7 Å². The minimum Gasteiger partial charge on any atom is -0.397 e. The van der Waals surface area contributed by atoms with Gasteiger partial charge in [0.2, 0.25) is 0 Å². The predicted molar refractivity (Wildman–Crippen MR) is 68.9 cm³/mol. The lowest BCUT2D eigenvalue weighted by molar-refractivity contribution is -0.133. The predicted octanol–water partition coefficient (Wildman–Crippen LogP) is 2.99. The molecule has 0 saturated carbocycles. The van der Waals surface area contributed by atoms with Crippen LogP contribution in [0.2, 0.25) is 6.04 Å². The van der Waals surface area contributed by atoms with Crippen LogP contribution in [0.4, 0.5) is 13.2 Å². The van der Waals surface area contributed by atoms with Crippen LogP contribution in [0.5, 0.6) is 0 Å². The molecule has 19 heavy (non-hydrogen) atoms. The van der Waals surface area contributed by atoms with Crippen molar-refractivity contribution in [2.75, 3.05) is 26.4 Å². The lowest BCUT2D eigenvalue weighted by Gasteiger charge is -2.28. The van der Waals surface area contributed by atoms with Crippen LogP contribution in [0.1, 0.15) is 34.1 Å². The second-order valence-corrected chi connectivity index (χ2v) is 6.15. The molecule has 0 atom stereocenters. The van der Waals surface area contributed by atoms with Crippen molar-refractivity contribution >= 4 is 8.80 Å². The summed E-state index contributed by atoms with van der Waals surface area (Å²) in [5, 5.41) is 7.57. The SMILES string of the molecule is CCO.CCO[Si](CCC(F)(F)F)(OCC)OCC. The van der Waals surface area contributed by atoms with Crippen LogP contribution in [0, 0.1) is 0 Å². The second kappa shape index (κ2) is 11.7. The van der Waals surface area contributed by atoms with Gasteiger partial charge in [-0.15, -0.1) is 0 Å². The smallest absolute Gasteiger partial charge is 0.397 e. The zero-order valence-electron chi connectivity index (χ0n) is 12.0. The molecule has 0 fully saturated rings. The van der Waals surface area contributed by atoms with Gasteiger partial charge in [-0.3, -0.25) is 0 Å². The van der Waals surface area contributed by atoms with Crippen molar-refractivity contribution in [3.63, 3.8) is 0 Å². The van der Waals surface area contributed by atoms with E-state index in [9.17, 15) is 13.2 Å². The molecule has 0 aromatic carbocycles. The maximum Gasteiger partial charge on any atom is 0.501 e. The molecule has 0 aromatic rings. The zero-order valence-corrected chi connectivity index (χ0v) is 13.0. The highest BCUT2D eigenvalue weighted by molar-refractivity contribution is 6.60. The fourth-order valence-electron chi connectivity index (χ4n) is 1.30. The lowest BCUT2D eigenvalue weighted by Crippen LogP contribution is -2.46. The van der Waals surface area contributed by atoms with Crippen LogP contribution >= 0.6 is 0 Å². The number of alkyl halides is 3. The first kappa shape index (κ1) is 21.2. The van der Waals surface area contributed by atoms with E-state index in [0.717, 1.165) is 0 Å². The Morgan fingerprint density at radius 2 is 1.21 bits per heavy atom. The van der Waals surface area contributed by atoms with Crippen molar-refractivity contribution in [2.24, 2.45) is 0 Å². The zero-order chi connectivity index (χ0) is 15.4. The average molecular weight is 306 g/mol. The van der Waals surface area contributed by atoms with Crippen LogP contribution in [0.3, 0.4) is 0 Å². The standard InChI is InChI=1S/C9H19F3O3Si.C2H6O/c1-4-13-16(14-5-2,15-6-3)8-7-9(10,11)12;1-2-3/h4-8H2,1-3H3;3H,2H2,1H3. The molecule has 0 aliphatic carbocycles. The summed E-state index contributed by atoms with van der Waals surface area (Å²) in [5.74, 6) is 0. The van der Waals surface area contributed by atoms with E-state index < -0.39 is 21.4 Å². The van der Waals surface area contributed by atoms with Gasteiger partial charge in [-0.2, -0.15) is 13.2 Å². The van der Waals surface area contributed by atoms with Gasteiger partial charge in [0, 0.05) is 38.9 Å². The van der Waals surface area contributed by atoms with Gasteiger partial charge in [0.25, 0.3) is 0 Å². The fraction of sp³-hybridized carbons (Fsp3) is 1.00. The van der Waals surface area contributed by atoms with E-state index in [4.69, 9.17) is 18.4 Å². The van der Waals surface area contributed by atoms with E-state index in [1.54, 1.807) is 27.7 Å². The molecule has 8 heteroatoms. The summed E-state index contributed by atoms with van der Waals surface area (Å²) >= 11 is 0. The molecular formula is C11H25F3O4Si. The van der Waals surface area contributed by atoms with E-state index in [1.807, 2.05) is 0 Å². The quantitative estimate of drug-likeness (QED) is 0.700. The van der Waals surface area contributed by atoms with Gasteiger partial charge < -0.3 is 18.4 Å². The number of aliphatic hydroxyl groups excluding tert-OH is 1. The monoisotopic (exact) mass is 306 g/mol. The Hall–Kier alpha value is -0.153.